The highest BCUT2D eigenvalue weighted by Crippen LogP contribution is 2.25. The molecule has 162 valence electrons. The molecular weight excluding hydrogens is 387 g/mol. The van der Waals surface area contributed by atoms with Gasteiger partial charge in [0.2, 0.25) is 0 Å². The number of anilines is 1. The van der Waals surface area contributed by atoms with Gasteiger partial charge in [-0.05, 0) is 31.3 Å². The van der Waals surface area contributed by atoms with Gasteiger partial charge in [0.1, 0.15) is 11.6 Å². The van der Waals surface area contributed by atoms with Gasteiger partial charge in [-0.2, -0.15) is 0 Å². The zero-order valence-electron chi connectivity index (χ0n) is 17.4. The summed E-state index contributed by atoms with van der Waals surface area (Å²) in [7, 11) is 3.63. The number of amides is 1. The van der Waals surface area contributed by atoms with Crippen LogP contribution in [0.1, 0.15) is 22.1 Å². The van der Waals surface area contributed by atoms with Crippen LogP contribution in [-0.4, -0.2) is 74.2 Å². The number of aliphatic hydroxyl groups is 1. The molecule has 30 heavy (non-hydrogen) atoms. The van der Waals surface area contributed by atoms with Crippen LogP contribution in [0, 0.1) is 5.82 Å². The van der Waals surface area contributed by atoms with Crippen molar-refractivity contribution in [1.29, 1.82) is 0 Å². The number of methoxy groups -OCH3 is 1. The van der Waals surface area contributed by atoms with Crippen LogP contribution in [0.4, 0.5) is 10.1 Å². The number of nitrogens with zero attached hydrogens (tertiary/aromatic N) is 2. The minimum atomic E-state index is -1.13. The first-order valence-electron chi connectivity index (χ1n) is 10.0. The van der Waals surface area contributed by atoms with Crippen molar-refractivity contribution in [3.63, 3.8) is 0 Å². The van der Waals surface area contributed by atoms with E-state index in [0.29, 0.717) is 24.4 Å². The second kappa shape index (κ2) is 10.4. The first-order valence-corrected chi connectivity index (χ1v) is 10.0. The van der Waals surface area contributed by atoms with E-state index in [0.717, 1.165) is 26.2 Å². The molecule has 3 rings (SSSR count). The maximum absolute atomic E-state index is 14.5. The zero-order valence-corrected chi connectivity index (χ0v) is 17.4. The highest BCUT2D eigenvalue weighted by molar-refractivity contribution is 5.99. The van der Waals surface area contributed by atoms with Gasteiger partial charge in [0.05, 0.1) is 18.4 Å². The Labute approximate surface area is 176 Å². The van der Waals surface area contributed by atoms with Gasteiger partial charge in [0.15, 0.2) is 6.23 Å². The first kappa shape index (κ1) is 22.0. The predicted octanol–water partition coefficient (Wildman–Crippen LogP) is 1.91. The van der Waals surface area contributed by atoms with Gasteiger partial charge in [-0.3, -0.25) is 9.69 Å². The molecular formula is C22H29FN4O3. The molecule has 8 heteroatoms. The smallest absolute Gasteiger partial charge is 0.256 e. The van der Waals surface area contributed by atoms with E-state index in [4.69, 9.17) is 4.74 Å². The molecule has 7 nitrogen and oxygen atoms in total. The number of aliphatic hydroxyl groups excluding tert-OH is 1. The molecule has 1 amide bonds. The van der Waals surface area contributed by atoms with E-state index < -0.39 is 18.0 Å². The minimum Gasteiger partial charge on any atom is -0.497 e. The van der Waals surface area contributed by atoms with Crippen LogP contribution in [0.2, 0.25) is 0 Å². The fourth-order valence-electron chi connectivity index (χ4n) is 3.40. The maximum atomic E-state index is 14.5. The number of likely N-dealkylation sites (N-methyl/N-ethyl adjacent to an activating group) is 1. The molecule has 1 fully saturated rings. The summed E-state index contributed by atoms with van der Waals surface area (Å²) < 4.78 is 19.6. The lowest BCUT2D eigenvalue weighted by Gasteiger charge is -2.32. The number of hydrogen-bond acceptors (Lipinski definition) is 6. The molecule has 2 aromatic rings. The Kier molecular flexibility index (Phi) is 7.62. The van der Waals surface area contributed by atoms with Crippen LogP contribution < -0.4 is 15.4 Å². The van der Waals surface area contributed by atoms with E-state index in [-0.39, 0.29) is 11.3 Å². The first-order chi connectivity index (χ1) is 14.5. The van der Waals surface area contributed by atoms with Gasteiger partial charge in [0, 0.05) is 44.8 Å². The second-order valence-electron chi connectivity index (χ2n) is 7.39. The molecule has 0 spiro atoms. The maximum Gasteiger partial charge on any atom is 0.256 e. The SMILES string of the molecule is COc1cccc(C(O)Nc2cccc(F)c2C(=O)NCCN2CCN(C)CC2)c1. The van der Waals surface area contributed by atoms with Crippen molar-refractivity contribution in [2.45, 2.75) is 6.23 Å². The van der Waals surface area contributed by atoms with Gasteiger partial charge in [-0.15, -0.1) is 0 Å². The van der Waals surface area contributed by atoms with Crippen LogP contribution in [0.3, 0.4) is 0 Å². The molecule has 0 aromatic heterocycles. The molecule has 1 heterocycles. The summed E-state index contributed by atoms with van der Waals surface area (Å²) >= 11 is 0. The van der Waals surface area contributed by atoms with Gasteiger partial charge in [-0.25, -0.2) is 4.39 Å². The summed E-state index contributed by atoms with van der Waals surface area (Å²) in [6.07, 6.45) is -1.13. The number of nitrogens with one attached hydrogen (secondary N) is 2. The summed E-state index contributed by atoms with van der Waals surface area (Å²) in [5.74, 6) is -0.563. The van der Waals surface area contributed by atoms with Crippen molar-refractivity contribution in [2.24, 2.45) is 0 Å². The van der Waals surface area contributed by atoms with Gasteiger partial charge in [0.25, 0.3) is 5.91 Å². The van der Waals surface area contributed by atoms with Crippen molar-refractivity contribution in [3.8, 4) is 5.75 Å². The summed E-state index contributed by atoms with van der Waals surface area (Å²) in [4.78, 5) is 17.2. The number of carbonyl (C=O) groups is 1. The van der Waals surface area contributed by atoms with Crippen LogP contribution in [-0.2, 0) is 0 Å². The Morgan fingerprint density at radius 3 is 2.67 bits per heavy atom. The molecule has 0 bridgehead atoms. The largest absolute Gasteiger partial charge is 0.497 e. The Balaban J connectivity index is 1.64. The molecule has 1 aliphatic heterocycles. The quantitative estimate of drug-likeness (QED) is 0.571. The molecule has 1 aliphatic rings. The predicted molar refractivity (Wildman–Crippen MR) is 114 cm³/mol. The average molecular weight is 416 g/mol. The molecule has 3 N–H and O–H groups in total. The number of halogens is 1. The van der Waals surface area contributed by atoms with Crippen LogP contribution >= 0.6 is 0 Å². The number of piperazine rings is 1. The van der Waals surface area contributed by atoms with E-state index in [1.54, 1.807) is 30.3 Å². The standard InChI is InChI=1S/C22H29FN4O3/c1-26-11-13-27(14-12-26)10-9-24-22(29)20-18(23)7-4-8-19(20)25-21(28)16-5-3-6-17(15-16)30-2/h3-8,15,21,25,28H,9-14H2,1-2H3,(H,24,29). The van der Waals surface area contributed by atoms with Crippen molar-refractivity contribution in [2.75, 3.05) is 58.7 Å². The van der Waals surface area contributed by atoms with Crippen molar-refractivity contribution >= 4 is 11.6 Å². The molecule has 1 saturated heterocycles. The number of rotatable bonds is 8. The fourth-order valence-corrected chi connectivity index (χ4v) is 3.40. The van der Waals surface area contributed by atoms with Crippen LogP contribution in [0.5, 0.6) is 5.75 Å². The van der Waals surface area contributed by atoms with Crippen LogP contribution in [0.25, 0.3) is 0 Å². The zero-order chi connectivity index (χ0) is 21.5. The Morgan fingerprint density at radius 2 is 1.93 bits per heavy atom. The van der Waals surface area contributed by atoms with E-state index in [2.05, 4.69) is 27.5 Å². The van der Waals surface area contributed by atoms with Gasteiger partial charge >= 0.3 is 0 Å². The van der Waals surface area contributed by atoms with Gasteiger partial charge in [-0.1, -0.05) is 18.2 Å². The molecule has 0 radical (unpaired) electrons. The summed E-state index contributed by atoms with van der Waals surface area (Å²) in [6.45, 7) is 5.03. The molecule has 1 unspecified atom stereocenters. The summed E-state index contributed by atoms with van der Waals surface area (Å²) in [5, 5.41) is 16.1. The number of carbonyl (C=O) groups excluding carboxylic acids is 1. The van der Waals surface area contributed by atoms with E-state index in [1.165, 1.54) is 19.2 Å². The molecule has 0 saturated carbocycles. The van der Waals surface area contributed by atoms with E-state index in [1.807, 2.05) is 0 Å². The third kappa shape index (κ3) is 5.69. The number of benzene rings is 2. The molecule has 2 aromatic carbocycles. The lowest BCUT2D eigenvalue weighted by atomic mass is 10.1. The lowest BCUT2D eigenvalue weighted by Crippen LogP contribution is -2.47. The summed E-state index contributed by atoms with van der Waals surface area (Å²) in [6, 6.07) is 11.2. The number of hydrogen-bond donors (Lipinski definition) is 3. The minimum absolute atomic E-state index is 0.113. The van der Waals surface area contributed by atoms with Crippen molar-refractivity contribution < 1.29 is 19.0 Å². The highest BCUT2D eigenvalue weighted by atomic mass is 19.1. The average Bonchev–Trinajstić information content (AvgIpc) is 2.75. The fraction of sp³-hybridized carbons (Fsp3) is 0.409. The third-order valence-corrected chi connectivity index (χ3v) is 5.25. The monoisotopic (exact) mass is 416 g/mol. The topological polar surface area (TPSA) is 77.1 Å². The van der Waals surface area contributed by atoms with E-state index in [9.17, 15) is 14.3 Å². The molecule has 1 atom stereocenters. The van der Waals surface area contributed by atoms with Crippen molar-refractivity contribution in [3.05, 3.63) is 59.4 Å². The molecule has 0 aliphatic carbocycles. The Hall–Kier alpha value is -2.68. The lowest BCUT2D eigenvalue weighted by molar-refractivity contribution is 0.0937. The number of ether oxygens (including phenoxy) is 1. The van der Waals surface area contributed by atoms with Gasteiger partial charge < -0.3 is 25.4 Å². The Bertz CT molecular complexity index is 856. The second-order valence-corrected chi connectivity index (χ2v) is 7.39. The van der Waals surface area contributed by atoms with Crippen molar-refractivity contribution in [1.82, 2.24) is 15.1 Å². The summed E-state index contributed by atoms with van der Waals surface area (Å²) in [5.41, 5.74) is 0.653. The Morgan fingerprint density at radius 1 is 1.20 bits per heavy atom. The van der Waals surface area contributed by atoms with E-state index >= 15 is 0 Å². The highest BCUT2D eigenvalue weighted by Gasteiger charge is 2.20. The third-order valence-electron chi connectivity index (χ3n) is 5.25. The van der Waals surface area contributed by atoms with Crippen LogP contribution in [0.15, 0.2) is 42.5 Å². The normalized spacial score (nSPS) is 16.1.